The standard InChI is InChI=1S/C24H19Cl4N3O3/c25-17-7-8-22(34-14-15-5-6-18(26)12-20(15)28)16(11-17)13-29-31-24(33)10-9-23(32)30-21-4-2-1-3-19(21)27/h1-8,11-13H,9-10,14H2,(H,30,32)(H,31,33). The Hall–Kier alpha value is -2.77. The van der Waals surface area contributed by atoms with Crippen molar-refractivity contribution in [2.24, 2.45) is 5.10 Å². The van der Waals surface area contributed by atoms with E-state index in [0.29, 0.717) is 37.1 Å². The quantitative estimate of drug-likeness (QED) is 0.233. The van der Waals surface area contributed by atoms with E-state index < -0.39 is 5.91 Å². The number of rotatable bonds is 9. The summed E-state index contributed by atoms with van der Waals surface area (Å²) >= 11 is 24.2. The first kappa shape index (κ1) is 25.8. The van der Waals surface area contributed by atoms with Crippen LogP contribution < -0.4 is 15.5 Å². The van der Waals surface area contributed by atoms with Gasteiger partial charge in [0.15, 0.2) is 0 Å². The second kappa shape index (κ2) is 12.6. The Kier molecular flexibility index (Phi) is 9.60. The average Bonchev–Trinajstić information content (AvgIpc) is 2.80. The van der Waals surface area contributed by atoms with Gasteiger partial charge in [-0.15, -0.1) is 0 Å². The third kappa shape index (κ3) is 7.92. The van der Waals surface area contributed by atoms with E-state index in [1.54, 1.807) is 60.7 Å². The smallest absolute Gasteiger partial charge is 0.240 e. The zero-order chi connectivity index (χ0) is 24.5. The molecule has 0 spiro atoms. The Morgan fingerprint density at radius 1 is 0.853 bits per heavy atom. The van der Waals surface area contributed by atoms with E-state index in [1.807, 2.05) is 0 Å². The van der Waals surface area contributed by atoms with Crippen LogP contribution >= 0.6 is 46.4 Å². The number of hydrogen-bond donors (Lipinski definition) is 2. The van der Waals surface area contributed by atoms with E-state index in [9.17, 15) is 9.59 Å². The fourth-order valence-corrected chi connectivity index (χ4v) is 3.60. The summed E-state index contributed by atoms with van der Waals surface area (Å²) in [4.78, 5) is 24.1. The van der Waals surface area contributed by atoms with E-state index >= 15 is 0 Å². The van der Waals surface area contributed by atoms with Crippen LogP contribution in [-0.4, -0.2) is 18.0 Å². The molecular weight excluding hydrogens is 520 g/mol. The van der Waals surface area contributed by atoms with Crippen LogP contribution in [-0.2, 0) is 16.2 Å². The average molecular weight is 539 g/mol. The van der Waals surface area contributed by atoms with Crippen LogP contribution in [0.1, 0.15) is 24.0 Å². The summed E-state index contributed by atoms with van der Waals surface area (Å²) in [6.07, 6.45) is 1.33. The number of anilines is 1. The van der Waals surface area contributed by atoms with Crippen molar-refractivity contribution in [2.75, 3.05) is 5.32 Å². The van der Waals surface area contributed by atoms with Gasteiger partial charge in [-0.05, 0) is 42.5 Å². The van der Waals surface area contributed by atoms with Crippen molar-refractivity contribution < 1.29 is 14.3 Å². The van der Waals surface area contributed by atoms with Gasteiger partial charge in [0.25, 0.3) is 0 Å². The molecule has 0 bridgehead atoms. The molecule has 0 fully saturated rings. The summed E-state index contributed by atoms with van der Waals surface area (Å²) in [6.45, 7) is 0.200. The summed E-state index contributed by atoms with van der Waals surface area (Å²) in [6, 6.07) is 17.0. The van der Waals surface area contributed by atoms with Gasteiger partial charge in [0, 0.05) is 39.0 Å². The van der Waals surface area contributed by atoms with E-state index in [2.05, 4.69) is 15.8 Å². The molecule has 34 heavy (non-hydrogen) atoms. The highest BCUT2D eigenvalue weighted by atomic mass is 35.5. The van der Waals surface area contributed by atoms with Crippen molar-refractivity contribution in [2.45, 2.75) is 19.4 Å². The molecule has 3 rings (SSSR count). The number of nitrogens with zero attached hydrogens (tertiary/aromatic N) is 1. The number of carbonyl (C=O) groups excluding carboxylic acids is 2. The third-order valence-corrected chi connectivity index (χ3v) is 5.64. The molecule has 0 saturated heterocycles. The van der Waals surface area contributed by atoms with E-state index in [1.165, 1.54) is 6.21 Å². The Balaban J connectivity index is 1.53. The summed E-state index contributed by atoms with van der Waals surface area (Å²) in [5.74, 6) is -0.269. The lowest BCUT2D eigenvalue weighted by Gasteiger charge is -2.11. The number of benzene rings is 3. The maximum absolute atomic E-state index is 12.1. The molecule has 0 radical (unpaired) electrons. The molecule has 0 unspecified atom stereocenters. The minimum atomic E-state index is -0.428. The van der Waals surface area contributed by atoms with Crippen molar-refractivity contribution in [3.63, 3.8) is 0 Å². The molecule has 3 aromatic rings. The van der Waals surface area contributed by atoms with Crippen LogP contribution in [0.3, 0.4) is 0 Å². The molecule has 10 heteroatoms. The molecule has 3 aromatic carbocycles. The number of hydrazone groups is 1. The van der Waals surface area contributed by atoms with Crippen LogP contribution in [0, 0.1) is 0 Å². The highest BCUT2D eigenvalue weighted by molar-refractivity contribution is 6.35. The Labute approximate surface area is 216 Å². The number of carbonyl (C=O) groups is 2. The van der Waals surface area contributed by atoms with Gasteiger partial charge in [0.05, 0.1) is 16.9 Å². The number of ether oxygens (including phenoxy) is 1. The van der Waals surface area contributed by atoms with Crippen LogP contribution in [0.4, 0.5) is 5.69 Å². The van der Waals surface area contributed by atoms with Gasteiger partial charge in [0.2, 0.25) is 11.8 Å². The van der Waals surface area contributed by atoms with Gasteiger partial charge in [-0.2, -0.15) is 5.10 Å². The number of amides is 2. The normalized spacial score (nSPS) is 10.8. The van der Waals surface area contributed by atoms with Gasteiger partial charge in [-0.3, -0.25) is 9.59 Å². The maximum atomic E-state index is 12.1. The lowest BCUT2D eigenvalue weighted by molar-refractivity contribution is -0.124. The molecule has 176 valence electrons. The van der Waals surface area contributed by atoms with Crippen molar-refractivity contribution in [3.05, 3.63) is 91.9 Å². The van der Waals surface area contributed by atoms with Gasteiger partial charge in [0.1, 0.15) is 12.4 Å². The second-order valence-electron chi connectivity index (χ2n) is 7.03. The van der Waals surface area contributed by atoms with Crippen molar-refractivity contribution in [1.82, 2.24) is 5.43 Å². The molecule has 0 saturated carbocycles. The van der Waals surface area contributed by atoms with Gasteiger partial charge < -0.3 is 10.1 Å². The first-order valence-electron chi connectivity index (χ1n) is 10.0. The molecule has 0 atom stereocenters. The molecule has 0 aromatic heterocycles. The van der Waals surface area contributed by atoms with Crippen molar-refractivity contribution in [3.8, 4) is 5.75 Å². The first-order chi connectivity index (χ1) is 16.3. The molecule has 0 aliphatic rings. The van der Waals surface area contributed by atoms with Crippen LogP contribution in [0.15, 0.2) is 65.8 Å². The molecule has 0 aliphatic carbocycles. The minimum Gasteiger partial charge on any atom is -0.488 e. The Morgan fingerprint density at radius 3 is 2.32 bits per heavy atom. The molecule has 6 nitrogen and oxygen atoms in total. The summed E-state index contributed by atoms with van der Waals surface area (Å²) in [5, 5.41) is 8.52. The zero-order valence-corrected chi connectivity index (χ0v) is 20.7. The third-order valence-electron chi connectivity index (χ3n) is 4.49. The predicted molar refractivity (Wildman–Crippen MR) is 137 cm³/mol. The highest BCUT2D eigenvalue weighted by Gasteiger charge is 2.09. The number of halogens is 4. The van der Waals surface area contributed by atoms with Crippen LogP contribution in [0.2, 0.25) is 20.1 Å². The lowest BCUT2D eigenvalue weighted by Crippen LogP contribution is -2.20. The van der Waals surface area contributed by atoms with Crippen LogP contribution in [0.5, 0.6) is 5.75 Å². The topological polar surface area (TPSA) is 79.8 Å². The van der Waals surface area contributed by atoms with Crippen molar-refractivity contribution >= 4 is 70.1 Å². The lowest BCUT2D eigenvalue weighted by atomic mass is 10.2. The molecule has 0 heterocycles. The molecule has 2 N–H and O–H groups in total. The SMILES string of the molecule is O=C(CCC(=O)Nc1ccccc1Cl)NN=Cc1cc(Cl)ccc1OCc1ccc(Cl)cc1Cl. The Morgan fingerprint density at radius 2 is 1.56 bits per heavy atom. The van der Waals surface area contributed by atoms with Crippen molar-refractivity contribution in [1.29, 1.82) is 0 Å². The number of para-hydroxylation sites is 1. The van der Waals surface area contributed by atoms with Gasteiger partial charge >= 0.3 is 0 Å². The predicted octanol–water partition coefficient (Wildman–Crippen LogP) is 6.75. The van der Waals surface area contributed by atoms with E-state index in [0.717, 1.165) is 5.56 Å². The summed E-state index contributed by atoms with van der Waals surface area (Å²) in [7, 11) is 0. The Bertz CT molecular complexity index is 1220. The van der Waals surface area contributed by atoms with Gasteiger partial charge in [-0.1, -0.05) is 64.6 Å². The summed E-state index contributed by atoms with van der Waals surface area (Å²) < 4.78 is 5.85. The largest absolute Gasteiger partial charge is 0.488 e. The monoisotopic (exact) mass is 537 g/mol. The van der Waals surface area contributed by atoms with Crippen LogP contribution in [0.25, 0.3) is 0 Å². The fraction of sp³-hybridized carbons (Fsp3) is 0.125. The maximum Gasteiger partial charge on any atom is 0.240 e. The number of hydrogen-bond acceptors (Lipinski definition) is 4. The summed E-state index contributed by atoms with van der Waals surface area (Å²) in [5.41, 5.74) is 4.18. The zero-order valence-electron chi connectivity index (χ0n) is 17.7. The van der Waals surface area contributed by atoms with E-state index in [-0.39, 0.29) is 25.4 Å². The van der Waals surface area contributed by atoms with Gasteiger partial charge in [-0.25, -0.2) is 5.43 Å². The second-order valence-corrected chi connectivity index (χ2v) is 8.72. The number of nitrogens with one attached hydrogen (secondary N) is 2. The fourth-order valence-electron chi connectivity index (χ4n) is 2.78. The highest BCUT2D eigenvalue weighted by Crippen LogP contribution is 2.26. The van der Waals surface area contributed by atoms with E-state index in [4.69, 9.17) is 51.1 Å². The first-order valence-corrected chi connectivity index (χ1v) is 11.6. The molecule has 0 aliphatic heterocycles. The molecular formula is C24H19Cl4N3O3. The minimum absolute atomic E-state index is 0.0278. The molecule has 2 amide bonds.